The van der Waals surface area contributed by atoms with E-state index in [1.54, 1.807) is 25.6 Å². The van der Waals surface area contributed by atoms with Crippen LogP contribution in [-0.2, 0) is 0 Å². The van der Waals surface area contributed by atoms with Crippen LogP contribution in [0.5, 0.6) is 11.5 Å². The maximum atomic E-state index is 5.64. The van der Waals surface area contributed by atoms with E-state index in [1.807, 2.05) is 12.1 Å². The molecule has 1 aromatic heterocycles. The van der Waals surface area contributed by atoms with Crippen molar-refractivity contribution in [2.45, 2.75) is 6.04 Å². The highest BCUT2D eigenvalue weighted by atomic mass is 32.1. The molecule has 0 bridgehead atoms. The van der Waals surface area contributed by atoms with E-state index in [2.05, 4.69) is 33.1 Å². The van der Waals surface area contributed by atoms with Crippen LogP contribution in [0.1, 0.15) is 17.2 Å². The highest BCUT2D eigenvalue weighted by Crippen LogP contribution is 2.37. The summed E-state index contributed by atoms with van der Waals surface area (Å²) >= 11 is 1.74. The average Bonchev–Trinajstić information content (AvgIpc) is 3.10. The summed E-state index contributed by atoms with van der Waals surface area (Å²) in [6.07, 6.45) is 0. The third-order valence-electron chi connectivity index (χ3n) is 4.11. The Morgan fingerprint density at radius 3 is 2.59 bits per heavy atom. The van der Waals surface area contributed by atoms with Gasteiger partial charge in [-0.05, 0) is 34.5 Å². The molecule has 2 aromatic rings. The van der Waals surface area contributed by atoms with Gasteiger partial charge in [-0.25, -0.2) is 0 Å². The van der Waals surface area contributed by atoms with Crippen molar-refractivity contribution in [2.24, 2.45) is 0 Å². The number of thiophene rings is 1. The van der Waals surface area contributed by atoms with Crippen molar-refractivity contribution in [3.8, 4) is 11.5 Å². The fourth-order valence-electron chi connectivity index (χ4n) is 3.00. The maximum Gasteiger partial charge on any atom is 0.127 e. The van der Waals surface area contributed by atoms with Gasteiger partial charge in [-0.1, -0.05) is 0 Å². The zero-order valence-corrected chi connectivity index (χ0v) is 13.9. The molecule has 1 aliphatic heterocycles. The predicted molar refractivity (Wildman–Crippen MR) is 90.2 cm³/mol. The standard InChI is InChI=1S/C17H22N2O2S/c1-20-14-3-4-15(16(11-14)21-2)17(13-5-10-22-12-13)19-8-6-18-7-9-19/h3-5,10-12,17-18H,6-9H2,1-2H3. The van der Waals surface area contributed by atoms with Crippen LogP contribution in [0.25, 0.3) is 0 Å². The van der Waals surface area contributed by atoms with Crippen molar-refractivity contribution < 1.29 is 9.47 Å². The largest absolute Gasteiger partial charge is 0.497 e. The van der Waals surface area contributed by atoms with E-state index in [0.717, 1.165) is 37.7 Å². The van der Waals surface area contributed by atoms with Crippen molar-refractivity contribution in [3.05, 3.63) is 46.2 Å². The molecule has 1 aliphatic rings. The minimum Gasteiger partial charge on any atom is -0.497 e. The Morgan fingerprint density at radius 2 is 1.95 bits per heavy atom. The minimum atomic E-state index is 0.231. The van der Waals surface area contributed by atoms with E-state index in [1.165, 1.54) is 11.1 Å². The lowest BCUT2D eigenvalue weighted by atomic mass is 9.97. The van der Waals surface area contributed by atoms with Crippen LogP contribution in [0.3, 0.4) is 0 Å². The van der Waals surface area contributed by atoms with E-state index >= 15 is 0 Å². The van der Waals surface area contributed by atoms with E-state index < -0.39 is 0 Å². The van der Waals surface area contributed by atoms with Gasteiger partial charge in [-0.2, -0.15) is 11.3 Å². The molecule has 3 rings (SSSR count). The number of nitrogens with one attached hydrogen (secondary N) is 1. The van der Waals surface area contributed by atoms with E-state index in [-0.39, 0.29) is 6.04 Å². The summed E-state index contributed by atoms with van der Waals surface area (Å²) in [5.41, 5.74) is 2.53. The average molecular weight is 318 g/mol. The van der Waals surface area contributed by atoms with Gasteiger partial charge in [0.15, 0.2) is 0 Å². The first-order valence-corrected chi connectivity index (χ1v) is 8.46. The van der Waals surface area contributed by atoms with Crippen LogP contribution in [0.2, 0.25) is 0 Å². The lowest BCUT2D eigenvalue weighted by Crippen LogP contribution is -2.45. The lowest BCUT2D eigenvalue weighted by molar-refractivity contribution is 0.195. The summed E-state index contributed by atoms with van der Waals surface area (Å²) in [5.74, 6) is 1.71. The van der Waals surface area contributed by atoms with Gasteiger partial charge in [-0.15, -0.1) is 0 Å². The second-order valence-electron chi connectivity index (χ2n) is 5.35. The molecule has 1 aromatic carbocycles. The van der Waals surface area contributed by atoms with Gasteiger partial charge >= 0.3 is 0 Å². The van der Waals surface area contributed by atoms with Crippen LogP contribution in [-0.4, -0.2) is 45.3 Å². The van der Waals surface area contributed by atoms with Gasteiger partial charge in [0.1, 0.15) is 11.5 Å². The molecule has 0 saturated carbocycles. The summed E-state index contributed by atoms with van der Waals surface area (Å²) in [4.78, 5) is 2.52. The fraction of sp³-hybridized carbons (Fsp3) is 0.412. The molecule has 2 heterocycles. The molecular formula is C17H22N2O2S. The first kappa shape index (κ1) is 15.3. The number of hydrogen-bond donors (Lipinski definition) is 1. The van der Waals surface area contributed by atoms with Crippen molar-refractivity contribution in [2.75, 3.05) is 40.4 Å². The Hall–Kier alpha value is -1.56. The second kappa shape index (κ2) is 7.13. The molecule has 0 radical (unpaired) electrons. The summed E-state index contributed by atoms with van der Waals surface area (Å²) in [6, 6.07) is 8.55. The number of ether oxygens (including phenoxy) is 2. The fourth-order valence-corrected chi connectivity index (χ4v) is 3.68. The van der Waals surface area contributed by atoms with E-state index in [9.17, 15) is 0 Å². The first-order valence-electron chi connectivity index (χ1n) is 7.52. The molecule has 0 spiro atoms. The quantitative estimate of drug-likeness (QED) is 0.919. The van der Waals surface area contributed by atoms with Crippen LogP contribution in [0, 0.1) is 0 Å². The number of hydrogen-bond acceptors (Lipinski definition) is 5. The second-order valence-corrected chi connectivity index (χ2v) is 6.13. The van der Waals surface area contributed by atoms with Crippen LogP contribution < -0.4 is 14.8 Å². The zero-order chi connectivity index (χ0) is 15.4. The van der Waals surface area contributed by atoms with Crippen molar-refractivity contribution >= 4 is 11.3 Å². The number of nitrogens with zero attached hydrogens (tertiary/aromatic N) is 1. The van der Waals surface area contributed by atoms with Gasteiger partial charge < -0.3 is 14.8 Å². The Kier molecular flexibility index (Phi) is 4.97. The molecule has 4 nitrogen and oxygen atoms in total. The zero-order valence-electron chi connectivity index (χ0n) is 13.0. The molecule has 1 fully saturated rings. The summed E-state index contributed by atoms with van der Waals surface area (Å²) in [6.45, 7) is 4.13. The van der Waals surface area contributed by atoms with Gasteiger partial charge in [0.25, 0.3) is 0 Å². The number of rotatable bonds is 5. The molecular weight excluding hydrogens is 296 g/mol. The SMILES string of the molecule is COc1ccc(C(c2ccsc2)N2CCNCC2)c(OC)c1. The molecule has 1 N–H and O–H groups in total. The Morgan fingerprint density at radius 1 is 1.14 bits per heavy atom. The Balaban J connectivity index is 2.01. The molecule has 5 heteroatoms. The molecule has 1 saturated heterocycles. The molecule has 0 aliphatic carbocycles. The molecule has 1 atom stereocenters. The van der Waals surface area contributed by atoms with Crippen LogP contribution >= 0.6 is 11.3 Å². The summed E-state index contributed by atoms with van der Waals surface area (Å²) < 4.78 is 11.0. The molecule has 1 unspecified atom stereocenters. The van der Waals surface area contributed by atoms with Crippen molar-refractivity contribution in [3.63, 3.8) is 0 Å². The number of benzene rings is 1. The topological polar surface area (TPSA) is 33.7 Å². The molecule has 0 amide bonds. The van der Waals surface area contributed by atoms with E-state index in [0.29, 0.717) is 0 Å². The van der Waals surface area contributed by atoms with Gasteiger partial charge in [0.05, 0.1) is 20.3 Å². The van der Waals surface area contributed by atoms with Gasteiger partial charge in [0, 0.05) is 37.8 Å². The van der Waals surface area contributed by atoms with E-state index in [4.69, 9.17) is 9.47 Å². The number of methoxy groups -OCH3 is 2. The molecule has 22 heavy (non-hydrogen) atoms. The predicted octanol–water partition coefficient (Wildman–Crippen LogP) is 2.76. The van der Waals surface area contributed by atoms with Crippen LogP contribution in [0.15, 0.2) is 35.0 Å². The normalized spacial score (nSPS) is 17.2. The third-order valence-corrected chi connectivity index (χ3v) is 4.81. The van der Waals surface area contributed by atoms with Crippen LogP contribution in [0.4, 0.5) is 0 Å². The Labute approximate surface area is 135 Å². The summed E-state index contributed by atoms with van der Waals surface area (Å²) in [7, 11) is 3.40. The smallest absolute Gasteiger partial charge is 0.127 e. The highest BCUT2D eigenvalue weighted by Gasteiger charge is 2.27. The maximum absolute atomic E-state index is 5.64. The van der Waals surface area contributed by atoms with Crippen molar-refractivity contribution in [1.82, 2.24) is 10.2 Å². The number of piperazine rings is 1. The monoisotopic (exact) mass is 318 g/mol. The van der Waals surface area contributed by atoms with Gasteiger partial charge in [0.2, 0.25) is 0 Å². The van der Waals surface area contributed by atoms with Gasteiger partial charge in [-0.3, -0.25) is 4.90 Å². The van der Waals surface area contributed by atoms with Crippen molar-refractivity contribution in [1.29, 1.82) is 0 Å². The summed E-state index contributed by atoms with van der Waals surface area (Å²) in [5, 5.41) is 7.79. The minimum absolute atomic E-state index is 0.231. The third kappa shape index (κ3) is 3.11. The highest BCUT2D eigenvalue weighted by molar-refractivity contribution is 7.08. The molecule has 118 valence electrons. The Bertz CT molecular complexity index is 595. The lowest BCUT2D eigenvalue weighted by Gasteiger charge is -2.35. The first-order chi connectivity index (χ1) is 10.8.